The fraction of sp³-hybridized carbons (Fsp3) is 0.466. The molecule has 31 nitrogen and oxygen atoms in total. The largest absolute Gasteiger partial charge is 0.493 e. The Morgan fingerprint density at radius 3 is 1.26 bits per heavy atom. The Kier molecular flexibility index (Phi) is 41.8. The summed E-state index contributed by atoms with van der Waals surface area (Å²) in [6, 6.07) is 7.71. The summed E-state index contributed by atoms with van der Waals surface area (Å²) in [5.41, 5.74) is 0.274. The van der Waals surface area contributed by atoms with E-state index in [2.05, 4.69) is 24.5 Å². The predicted molar refractivity (Wildman–Crippen MR) is 317 cm³/mol. The molecule has 0 radical (unpaired) electrons. The van der Waals surface area contributed by atoms with Gasteiger partial charge in [0.25, 0.3) is 17.1 Å². The first-order valence-electron chi connectivity index (χ1n) is 27.1. The first-order chi connectivity index (χ1) is 42.9. The van der Waals surface area contributed by atoms with E-state index < -0.39 is 80.5 Å². The Labute approximate surface area is 522 Å². The molecule has 0 saturated carbocycles. The van der Waals surface area contributed by atoms with Gasteiger partial charge in [-0.1, -0.05) is 19.7 Å². The minimum atomic E-state index is -1.82. The average Bonchev–Trinajstić information content (AvgIpc) is 1.95. The Morgan fingerprint density at radius 1 is 0.522 bits per heavy atom. The van der Waals surface area contributed by atoms with Gasteiger partial charge in [0.1, 0.15) is 44.7 Å². The van der Waals surface area contributed by atoms with Crippen LogP contribution >= 0.6 is 11.6 Å². The minimum Gasteiger partial charge on any atom is -0.493 e. The van der Waals surface area contributed by atoms with Crippen molar-refractivity contribution < 1.29 is 121 Å². The summed E-state index contributed by atoms with van der Waals surface area (Å²) >= 11 is 5.96. The van der Waals surface area contributed by atoms with Crippen LogP contribution in [0.25, 0.3) is 0 Å². The number of aliphatic hydroxyl groups is 5. The molecular formula is C58H76ClN3O28. The maximum Gasteiger partial charge on any atom is 0.330 e. The smallest absolute Gasteiger partial charge is 0.330 e. The fourth-order valence-electron chi connectivity index (χ4n) is 7.18. The van der Waals surface area contributed by atoms with Gasteiger partial charge in [0.2, 0.25) is 0 Å². The van der Waals surface area contributed by atoms with Crippen LogP contribution in [0.3, 0.4) is 0 Å². The lowest BCUT2D eigenvalue weighted by molar-refractivity contribution is -0.386. The van der Waals surface area contributed by atoms with Crippen molar-refractivity contribution in [1.29, 1.82) is 0 Å². The minimum absolute atomic E-state index is 0.0184. The molecule has 3 rings (SSSR count). The molecule has 0 saturated heterocycles. The Hall–Kier alpha value is -8.82. The summed E-state index contributed by atoms with van der Waals surface area (Å²) in [6.45, 7) is 14.7. The number of hydrogen-bond donors (Lipinski definition) is 5. The lowest BCUT2D eigenvalue weighted by atomic mass is 10.0. The number of Topliss-reactive ketones (excluding diaryl/α,β-unsaturated/α-hetero) is 1. The molecule has 0 aliphatic heterocycles. The number of ether oxygens (including phenoxy) is 10. The number of carbonyl (C=O) groups excluding carboxylic acids is 7. The number of carbonyl (C=O) groups is 7. The average molecular weight is 1300 g/mol. The number of hydrogen-bond acceptors (Lipinski definition) is 28. The van der Waals surface area contributed by atoms with Crippen LogP contribution < -0.4 is 18.9 Å². The molecule has 0 aromatic heterocycles. The van der Waals surface area contributed by atoms with Gasteiger partial charge in [-0.15, -0.1) is 11.6 Å². The van der Waals surface area contributed by atoms with Crippen LogP contribution in [0.15, 0.2) is 74.4 Å². The zero-order chi connectivity index (χ0) is 68.3. The quantitative estimate of drug-likeness (QED) is 0.00660. The molecule has 0 amide bonds. The molecule has 90 heavy (non-hydrogen) atoms. The SMILES string of the molecule is C=CC(=O)OCCOC(=O)CCCOc1cc([N+](=O)[O-])c(C(C)Cl)cc1CO.C=CC(=O)OCCOC(=O)CCCOc1cc([N+](=O)[O-])c(C(C)OCCOC(C)c2cc(OC)c(OCCCC(=O)C(O)C(=O)C=C)cc2[N+](=O)[O-])cc1CO.C=O.OCCO. The van der Waals surface area contributed by atoms with Gasteiger partial charge in [0, 0.05) is 48.1 Å². The van der Waals surface area contributed by atoms with Gasteiger partial charge >= 0.3 is 23.9 Å². The van der Waals surface area contributed by atoms with Gasteiger partial charge in [0.15, 0.2) is 29.2 Å². The topological polar surface area (TPSA) is 442 Å². The summed E-state index contributed by atoms with van der Waals surface area (Å²) in [6.07, 6.45) is -0.316. The van der Waals surface area contributed by atoms with Gasteiger partial charge in [0.05, 0.1) is 128 Å². The van der Waals surface area contributed by atoms with Crippen LogP contribution in [0, 0.1) is 30.3 Å². The highest BCUT2D eigenvalue weighted by atomic mass is 35.5. The van der Waals surface area contributed by atoms with Crippen molar-refractivity contribution in [3.8, 4) is 23.0 Å². The van der Waals surface area contributed by atoms with E-state index in [-0.39, 0.29) is 180 Å². The molecule has 0 fully saturated rings. The number of alkyl halides is 1. The Morgan fingerprint density at radius 2 is 0.889 bits per heavy atom. The van der Waals surface area contributed by atoms with Crippen LogP contribution in [-0.4, -0.2) is 168 Å². The van der Waals surface area contributed by atoms with E-state index in [0.29, 0.717) is 5.56 Å². The fourth-order valence-corrected chi connectivity index (χ4v) is 7.36. The number of nitro groups is 3. The normalized spacial score (nSPS) is 11.6. The number of nitrogens with zero attached hydrogens (tertiary/aromatic N) is 3. The molecule has 0 aliphatic rings. The van der Waals surface area contributed by atoms with E-state index in [4.69, 9.17) is 69.2 Å². The van der Waals surface area contributed by atoms with E-state index in [1.807, 2.05) is 6.79 Å². The second-order valence-electron chi connectivity index (χ2n) is 17.8. The third-order valence-corrected chi connectivity index (χ3v) is 11.8. The third-order valence-electron chi connectivity index (χ3n) is 11.6. The molecule has 3 aromatic carbocycles. The van der Waals surface area contributed by atoms with E-state index in [9.17, 15) is 74.4 Å². The highest BCUT2D eigenvalue weighted by molar-refractivity contribution is 6.20. The van der Waals surface area contributed by atoms with Gasteiger partial charge in [-0.3, -0.25) is 49.5 Å². The highest BCUT2D eigenvalue weighted by Crippen LogP contribution is 2.40. The van der Waals surface area contributed by atoms with Gasteiger partial charge in [-0.05, 0) is 64.3 Å². The molecule has 5 N–H and O–H groups in total. The van der Waals surface area contributed by atoms with Crippen molar-refractivity contribution in [2.24, 2.45) is 0 Å². The zero-order valence-corrected chi connectivity index (χ0v) is 50.9. The van der Waals surface area contributed by atoms with Gasteiger partial charge in [-0.25, -0.2) is 9.59 Å². The lowest BCUT2D eigenvalue weighted by Gasteiger charge is -2.19. The number of halogens is 1. The molecule has 0 aliphatic carbocycles. The van der Waals surface area contributed by atoms with E-state index >= 15 is 0 Å². The number of methoxy groups -OCH3 is 1. The second kappa shape index (κ2) is 46.3. The lowest BCUT2D eigenvalue weighted by Crippen LogP contribution is -2.28. The van der Waals surface area contributed by atoms with E-state index in [0.717, 1.165) is 30.4 Å². The Bertz CT molecular complexity index is 2850. The maximum absolute atomic E-state index is 12.0. The van der Waals surface area contributed by atoms with Crippen LogP contribution in [0.4, 0.5) is 17.1 Å². The van der Waals surface area contributed by atoms with Crippen molar-refractivity contribution in [3.63, 3.8) is 0 Å². The third kappa shape index (κ3) is 30.4. The standard InChI is InChI=1S/C37H46N2O17.C18H22ClNO8.C2H6O2.CH2O/c1-6-30(41)37(45)31(42)10-8-12-54-34-21-29(39(48)49)27(19-33(34)50-5)24(4)52-15-14-51-23(3)26-18-25(22-40)32(20-28(26)38(46)47)53-13-9-11-36(44)56-17-16-55-35(43)7-2;1-3-17(22)27-7-8-28-18(23)5-4-6-26-16-10-15(20(24)25)14(12(2)19)9-13(16)11-21;3-1-2-4;1-2/h6-7,18-21,23-24,37,40,45H,1-2,8-17,22H2,3-5H3;3,9-10,12,21H,1,4-8,11H2,2H3;3-4H,1-2H2;1H2. The highest BCUT2D eigenvalue weighted by Gasteiger charge is 2.28. The summed E-state index contributed by atoms with van der Waals surface area (Å²) in [4.78, 5) is 110. The van der Waals surface area contributed by atoms with Crippen LogP contribution in [0.5, 0.6) is 23.0 Å². The van der Waals surface area contributed by atoms with Crippen molar-refractivity contribution >= 4 is 70.9 Å². The molecule has 4 unspecified atom stereocenters. The van der Waals surface area contributed by atoms with Crippen LogP contribution in [-0.2, 0) is 75.2 Å². The maximum atomic E-state index is 12.0. The van der Waals surface area contributed by atoms with E-state index in [1.54, 1.807) is 20.8 Å². The molecule has 0 bridgehead atoms. The molecule has 0 heterocycles. The molecule has 3 aromatic rings. The van der Waals surface area contributed by atoms with Crippen molar-refractivity contribution in [3.05, 3.63) is 133 Å². The van der Waals surface area contributed by atoms with Gasteiger partial charge in [-0.2, -0.15) is 0 Å². The summed E-state index contributed by atoms with van der Waals surface area (Å²) in [5, 5.41) is 78.9. The monoisotopic (exact) mass is 1300 g/mol. The number of rotatable bonds is 41. The molecule has 0 spiro atoms. The van der Waals surface area contributed by atoms with Crippen LogP contribution in [0.1, 0.15) is 105 Å². The van der Waals surface area contributed by atoms with Crippen LogP contribution in [0.2, 0.25) is 0 Å². The number of nitro benzene ring substituents is 3. The number of aliphatic hydroxyl groups excluding tert-OH is 5. The second-order valence-corrected chi connectivity index (χ2v) is 18.4. The number of ketones is 2. The van der Waals surface area contributed by atoms with E-state index in [1.165, 1.54) is 31.4 Å². The predicted octanol–water partition coefficient (Wildman–Crippen LogP) is 5.74. The summed E-state index contributed by atoms with van der Waals surface area (Å²) < 4.78 is 52.9. The molecule has 498 valence electrons. The number of benzene rings is 3. The zero-order valence-electron chi connectivity index (χ0n) is 50.1. The summed E-state index contributed by atoms with van der Waals surface area (Å²) in [5.74, 6) is -3.52. The molecule has 4 atom stereocenters. The van der Waals surface area contributed by atoms with Crippen molar-refractivity contribution in [2.45, 2.75) is 96.2 Å². The molecular weight excluding hydrogens is 1220 g/mol. The van der Waals surface area contributed by atoms with Gasteiger partial charge < -0.3 is 77.7 Å². The van der Waals surface area contributed by atoms with Crippen molar-refractivity contribution in [1.82, 2.24) is 0 Å². The molecule has 32 heteroatoms. The van der Waals surface area contributed by atoms with Crippen molar-refractivity contribution in [2.75, 3.05) is 79.8 Å². The Balaban J connectivity index is 0.00000194. The number of esters is 4. The first-order valence-corrected chi connectivity index (χ1v) is 27.6. The summed E-state index contributed by atoms with van der Waals surface area (Å²) in [7, 11) is 1.33. The first kappa shape index (κ1) is 81.2.